The molecule has 8 rings (SSSR count). The van der Waals surface area contributed by atoms with Gasteiger partial charge in [-0.2, -0.15) is 9.97 Å². The van der Waals surface area contributed by atoms with Gasteiger partial charge >= 0.3 is 6.01 Å². The molecule has 1 aromatic heterocycles. The predicted octanol–water partition coefficient (Wildman–Crippen LogP) is 6.10. The predicted molar refractivity (Wildman–Crippen MR) is 159 cm³/mol. The molecule has 2 aromatic carbocycles. The first-order valence-corrected chi connectivity index (χ1v) is 16.0. The van der Waals surface area contributed by atoms with E-state index >= 15 is 0 Å². The number of aromatic nitrogens is 2. The molecule has 3 atom stereocenters. The van der Waals surface area contributed by atoms with E-state index in [1.54, 1.807) is 0 Å². The Morgan fingerprint density at radius 1 is 1.02 bits per heavy atom. The van der Waals surface area contributed by atoms with Crippen LogP contribution in [0.3, 0.4) is 0 Å². The van der Waals surface area contributed by atoms with E-state index in [0.29, 0.717) is 41.6 Å². The molecule has 5 aliphatic heterocycles. The van der Waals surface area contributed by atoms with Crippen LogP contribution < -0.4 is 15.0 Å². The minimum atomic E-state index is -0.231. The SMILES string of the molecule is Fc1ccc2cccc(N3CCc4c(nc(OCC56CCCN5CCC6)nc4C4C[C@H]5CC[C@@H](C4)N5)C3)c2c1Br. The standard InChI is InChI=1S/C32H37BrFN5O/c33-29-25(34)9-6-20-4-1-5-27(28(20)29)38-15-10-24-26(18-38)36-31(40-19-32-11-2-13-39(32)14-3-12-32)37-30(24)21-16-22-7-8-23(17-21)35-22/h1,4-6,9,21-23,35H,2-3,7-8,10-19H2/t21?,22-,23+. The van der Waals surface area contributed by atoms with Crippen LogP contribution in [0.5, 0.6) is 6.01 Å². The molecule has 0 amide bonds. The van der Waals surface area contributed by atoms with Gasteiger partial charge in [0.25, 0.3) is 0 Å². The molecule has 6 heterocycles. The zero-order valence-electron chi connectivity index (χ0n) is 23.0. The highest BCUT2D eigenvalue weighted by atomic mass is 79.9. The van der Waals surface area contributed by atoms with E-state index in [0.717, 1.165) is 48.0 Å². The first-order chi connectivity index (χ1) is 19.6. The van der Waals surface area contributed by atoms with Gasteiger partial charge < -0.3 is 15.0 Å². The Morgan fingerprint density at radius 3 is 2.62 bits per heavy atom. The normalized spacial score (nSPS) is 27.2. The zero-order valence-corrected chi connectivity index (χ0v) is 24.6. The number of rotatable bonds is 5. The van der Waals surface area contributed by atoms with Crippen molar-refractivity contribution in [3.05, 3.63) is 57.6 Å². The number of nitrogens with zero attached hydrogens (tertiary/aromatic N) is 4. The minimum absolute atomic E-state index is 0.165. The highest BCUT2D eigenvalue weighted by Gasteiger charge is 2.45. The summed E-state index contributed by atoms with van der Waals surface area (Å²) in [5, 5.41) is 5.76. The molecule has 40 heavy (non-hydrogen) atoms. The lowest BCUT2D eigenvalue weighted by atomic mass is 9.85. The Bertz CT molecular complexity index is 1440. The number of benzene rings is 2. The molecule has 8 heteroatoms. The summed E-state index contributed by atoms with van der Waals surface area (Å²) in [6.45, 7) is 4.60. The maximum atomic E-state index is 14.6. The molecule has 2 bridgehead atoms. The van der Waals surface area contributed by atoms with Crippen LogP contribution in [0.2, 0.25) is 0 Å². The number of anilines is 1. The fourth-order valence-corrected chi connectivity index (χ4v) is 9.10. The van der Waals surface area contributed by atoms with Gasteiger partial charge in [-0.25, -0.2) is 4.39 Å². The van der Waals surface area contributed by atoms with Crippen LogP contribution in [0.25, 0.3) is 10.8 Å². The zero-order chi connectivity index (χ0) is 26.8. The van der Waals surface area contributed by atoms with E-state index in [2.05, 4.69) is 43.2 Å². The third-order valence-electron chi connectivity index (χ3n) is 10.5. The van der Waals surface area contributed by atoms with E-state index in [1.807, 2.05) is 12.1 Å². The molecule has 0 spiro atoms. The van der Waals surface area contributed by atoms with Crippen molar-refractivity contribution in [3.63, 3.8) is 0 Å². The molecule has 3 aromatic rings. The highest BCUT2D eigenvalue weighted by molar-refractivity contribution is 9.10. The van der Waals surface area contributed by atoms with Crippen LogP contribution in [-0.4, -0.2) is 58.7 Å². The van der Waals surface area contributed by atoms with Crippen molar-refractivity contribution in [2.24, 2.45) is 0 Å². The highest BCUT2D eigenvalue weighted by Crippen LogP contribution is 2.42. The number of hydrogen-bond donors (Lipinski definition) is 1. The van der Waals surface area contributed by atoms with E-state index in [1.165, 1.54) is 68.9 Å². The fraction of sp³-hybridized carbons (Fsp3) is 0.562. The summed E-state index contributed by atoms with van der Waals surface area (Å²) in [5.41, 5.74) is 4.84. The van der Waals surface area contributed by atoms with Crippen LogP contribution in [0, 0.1) is 5.82 Å². The summed E-state index contributed by atoms with van der Waals surface area (Å²) in [6.07, 6.45) is 10.7. The lowest BCUT2D eigenvalue weighted by molar-refractivity contribution is 0.107. The number of fused-ring (bicyclic) bond motifs is 5. The van der Waals surface area contributed by atoms with Crippen molar-refractivity contribution < 1.29 is 9.13 Å². The van der Waals surface area contributed by atoms with Crippen molar-refractivity contribution in [2.75, 3.05) is 31.1 Å². The number of halogens is 2. The second-order valence-corrected chi connectivity index (χ2v) is 13.5. The van der Waals surface area contributed by atoms with Crippen LogP contribution in [0.4, 0.5) is 10.1 Å². The first kappa shape index (κ1) is 25.4. The third-order valence-corrected chi connectivity index (χ3v) is 11.2. The van der Waals surface area contributed by atoms with Crippen LogP contribution in [0.15, 0.2) is 34.8 Å². The summed E-state index contributed by atoms with van der Waals surface area (Å²) in [4.78, 5) is 15.3. The van der Waals surface area contributed by atoms with E-state index in [4.69, 9.17) is 14.7 Å². The fourth-order valence-electron chi connectivity index (χ4n) is 8.54. The average Bonchev–Trinajstić information content (AvgIpc) is 3.66. The first-order valence-electron chi connectivity index (χ1n) is 15.2. The Hall–Kier alpha value is -2.29. The molecular formula is C32H37BrFN5O. The van der Waals surface area contributed by atoms with E-state index in [9.17, 15) is 4.39 Å². The molecule has 5 aliphatic rings. The molecule has 4 saturated heterocycles. The molecule has 210 valence electrons. The maximum absolute atomic E-state index is 14.6. The number of nitrogens with one attached hydrogen (secondary N) is 1. The van der Waals surface area contributed by atoms with Crippen LogP contribution in [-0.2, 0) is 13.0 Å². The Morgan fingerprint density at radius 2 is 1.82 bits per heavy atom. The van der Waals surface area contributed by atoms with Gasteiger partial charge in [0.05, 0.1) is 27.9 Å². The summed E-state index contributed by atoms with van der Waals surface area (Å²) in [7, 11) is 0. The minimum Gasteiger partial charge on any atom is -0.461 e. The molecular weight excluding hydrogens is 569 g/mol. The van der Waals surface area contributed by atoms with Crippen molar-refractivity contribution in [1.29, 1.82) is 0 Å². The molecule has 6 nitrogen and oxygen atoms in total. The Labute approximate surface area is 243 Å². The van der Waals surface area contributed by atoms with Crippen molar-refractivity contribution in [2.45, 2.75) is 87.9 Å². The van der Waals surface area contributed by atoms with Gasteiger partial charge in [0.1, 0.15) is 12.4 Å². The topological polar surface area (TPSA) is 53.5 Å². The van der Waals surface area contributed by atoms with Gasteiger partial charge in [0.15, 0.2) is 0 Å². The van der Waals surface area contributed by atoms with Crippen molar-refractivity contribution in [1.82, 2.24) is 20.2 Å². The monoisotopic (exact) mass is 605 g/mol. The van der Waals surface area contributed by atoms with Crippen LogP contribution >= 0.6 is 15.9 Å². The molecule has 4 fully saturated rings. The lowest BCUT2D eigenvalue weighted by Crippen LogP contribution is -2.43. The second kappa shape index (κ2) is 9.92. The molecule has 0 saturated carbocycles. The molecule has 0 radical (unpaired) electrons. The molecule has 1 unspecified atom stereocenters. The molecule has 1 N–H and O–H groups in total. The quantitative estimate of drug-likeness (QED) is 0.379. The van der Waals surface area contributed by atoms with Crippen molar-refractivity contribution in [3.8, 4) is 6.01 Å². The largest absolute Gasteiger partial charge is 0.461 e. The average molecular weight is 607 g/mol. The second-order valence-electron chi connectivity index (χ2n) is 12.7. The van der Waals surface area contributed by atoms with Gasteiger partial charge in [0, 0.05) is 35.6 Å². The van der Waals surface area contributed by atoms with Crippen LogP contribution in [0.1, 0.15) is 74.2 Å². The van der Waals surface area contributed by atoms with E-state index in [-0.39, 0.29) is 11.4 Å². The Balaban J connectivity index is 1.15. The smallest absolute Gasteiger partial charge is 0.316 e. The van der Waals surface area contributed by atoms with Crippen molar-refractivity contribution >= 4 is 32.4 Å². The summed E-state index contributed by atoms with van der Waals surface area (Å²) in [5.74, 6) is 0.225. The molecule has 0 aliphatic carbocycles. The summed E-state index contributed by atoms with van der Waals surface area (Å²) in [6, 6.07) is 11.4. The van der Waals surface area contributed by atoms with Gasteiger partial charge in [0.2, 0.25) is 0 Å². The van der Waals surface area contributed by atoms with E-state index < -0.39 is 0 Å². The summed E-state index contributed by atoms with van der Waals surface area (Å²) < 4.78 is 21.7. The van der Waals surface area contributed by atoms with Gasteiger partial charge in [-0.15, -0.1) is 0 Å². The number of ether oxygens (including phenoxy) is 1. The third kappa shape index (κ3) is 4.24. The summed E-state index contributed by atoms with van der Waals surface area (Å²) >= 11 is 3.54. The van der Waals surface area contributed by atoms with Gasteiger partial charge in [-0.3, -0.25) is 4.90 Å². The number of piperidine rings is 1. The van der Waals surface area contributed by atoms with Gasteiger partial charge in [-0.1, -0.05) is 18.2 Å². The Kier molecular flexibility index (Phi) is 6.30. The maximum Gasteiger partial charge on any atom is 0.316 e. The number of hydrogen-bond acceptors (Lipinski definition) is 6. The van der Waals surface area contributed by atoms with Gasteiger partial charge in [-0.05, 0) is 110 Å². The lowest BCUT2D eigenvalue weighted by Gasteiger charge is -2.35.